The van der Waals surface area contributed by atoms with E-state index in [1.54, 1.807) is 0 Å². The zero-order chi connectivity index (χ0) is 77.4. The van der Waals surface area contributed by atoms with E-state index in [-0.39, 0.29) is 5.41 Å². The maximum Gasteiger partial charge on any atom is 0.0547 e. The summed E-state index contributed by atoms with van der Waals surface area (Å²) in [7, 11) is 0. The Hall–Kier alpha value is -15.2. The standard InChI is InChI=1S/C111H76N6/c1-111(2)100-71-79(78-51-68-108-99(70-78)96-32-15-20-38-105(96)115(108)82-27-10-5-11-28-82)49-65-91(100)92-66-64-89(72-101(92)111)113(80-23-6-3-7-24-80)86-58-62-88(63-59-86)117-106-39-21-16-33-97(106)110-90(34-22-40-109(110)117)76-47-54-84(55-48-76)112(85-56-60-87(61-57-85)116-102-35-17-12-29-93(102)94-30-13-18-36-103(94)116)83-52-45-74(46-53-83)73-41-43-75(44-42-73)77-50-67-107-98(69-77)95-31-14-19-37-104(95)114(107)81-25-8-4-9-26-81/h3-72H,1-2H3. The molecule has 0 saturated carbocycles. The molecule has 4 heterocycles. The fourth-order valence-corrected chi connectivity index (χ4v) is 19.2. The number of benzene rings is 18. The van der Waals surface area contributed by atoms with Gasteiger partial charge >= 0.3 is 0 Å². The van der Waals surface area contributed by atoms with Gasteiger partial charge in [-0.15, -0.1) is 0 Å². The van der Waals surface area contributed by atoms with Crippen LogP contribution in [0.2, 0.25) is 0 Å². The van der Waals surface area contributed by atoms with Gasteiger partial charge in [-0.2, -0.15) is 0 Å². The van der Waals surface area contributed by atoms with Crippen LogP contribution in [-0.2, 0) is 5.41 Å². The Bertz CT molecular complexity index is 7600. The molecule has 0 spiro atoms. The van der Waals surface area contributed by atoms with Gasteiger partial charge in [0.15, 0.2) is 0 Å². The Morgan fingerprint density at radius 3 is 0.957 bits per heavy atom. The number of fused-ring (bicyclic) bond motifs is 15. The Morgan fingerprint density at radius 1 is 0.179 bits per heavy atom. The van der Waals surface area contributed by atoms with E-state index in [1.807, 2.05) is 0 Å². The highest BCUT2D eigenvalue weighted by Gasteiger charge is 2.37. The fourth-order valence-electron chi connectivity index (χ4n) is 19.2. The first-order valence-electron chi connectivity index (χ1n) is 40.4. The molecule has 0 radical (unpaired) electrons. The third-order valence-electron chi connectivity index (χ3n) is 24.8. The second-order valence-electron chi connectivity index (χ2n) is 31.6. The SMILES string of the molecule is CC1(C)c2cc(-c3ccc4c(c3)c3ccccc3n4-c3ccccc3)ccc2-c2ccc(N(c3ccccc3)c3ccc(-n4c5ccccc5c5c(-c6ccc(N(c7ccc(-c8ccc(-c9ccc%10c(c9)c9ccccc9n%10-c9ccccc9)cc8)cc7)c7ccc(-n8c9ccccc9c9ccccc98)cc7)cc6)cccc54)cc3)cc21. The normalized spacial score (nSPS) is 12.4. The molecule has 117 heavy (non-hydrogen) atoms. The number of aromatic nitrogens is 4. The lowest BCUT2D eigenvalue weighted by molar-refractivity contribution is 0.660. The topological polar surface area (TPSA) is 26.2 Å². The molecule has 0 bridgehead atoms. The van der Waals surface area contributed by atoms with Crippen molar-refractivity contribution < 1.29 is 0 Å². The first kappa shape index (κ1) is 67.5. The van der Waals surface area contributed by atoms with Gasteiger partial charge in [-0.25, -0.2) is 0 Å². The Kier molecular flexibility index (Phi) is 15.6. The smallest absolute Gasteiger partial charge is 0.0547 e. The molecule has 0 N–H and O–H groups in total. The van der Waals surface area contributed by atoms with Gasteiger partial charge in [0, 0.05) is 105 Å². The highest BCUT2D eigenvalue weighted by Crippen LogP contribution is 2.53. The number of nitrogens with zero attached hydrogens (tertiary/aromatic N) is 6. The van der Waals surface area contributed by atoms with Crippen molar-refractivity contribution >= 4 is 121 Å². The monoisotopic (exact) mass is 1490 g/mol. The first-order chi connectivity index (χ1) is 57.8. The van der Waals surface area contributed by atoms with Crippen LogP contribution in [0.15, 0.2) is 425 Å². The molecule has 22 aromatic rings. The lowest BCUT2D eigenvalue weighted by Crippen LogP contribution is -2.16. The Balaban J connectivity index is 0.563. The molecule has 0 aliphatic heterocycles. The van der Waals surface area contributed by atoms with E-state index in [1.165, 1.54) is 126 Å². The van der Waals surface area contributed by atoms with Crippen molar-refractivity contribution in [1.82, 2.24) is 18.3 Å². The maximum absolute atomic E-state index is 2.45. The molecule has 4 aromatic heterocycles. The van der Waals surface area contributed by atoms with E-state index in [9.17, 15) is 0 Å². The third kappa shape index (κ3) is 10.9. The predicted molar refractivity (Wildman–Crippen MR) is 492 cm³/mol. The van der Waals surface area contributed by atoms with Crippen LogP contribution in [0.3, 0.4) is 0 Å². The molecule has 6 heteroatoms. The molecule has 18 aromatic carbocycles. The molecular formula is C111H76N6. The summed E-state index contributed by atoms with van der Waals surface area (Å²) in [5, 5.41) is 9.90. The van der Waals surface area contributed by atoms with Crippen molar-refractivity contribution in [2.24, 2.45) is 0 Å². The van der Waals surface area contributed by atoms with Crippen molar-refractivity contribution in [3.63, 3.8) is 0 Å². The van der Waals surface area contributed by atoms with Crippen molar-refractivity contribution in [1.29, 1.82) is 0 Å². The highest BCUT2D eigenvalue weighted by atomic mass is 15.2. The van der Waals surface area contributed by atoms with Crippen molar-refractivity contribution in [3.8, 4) is 78.4 Å². The summed E-state index contributed by atoms with van der Waals surface area (Å²) < 4.78 is 9.60. The van der Waals surface area contributed by atoms with Crippen molar-refractivity contribution in [2.45, 2.75) is 19.3 Å². The number of hydrogen-bond donors (Lipinski definition) is 0. The fraction of sp³-hybridized carbons (Fsp3) is 0.0270. The molecule has 0 fully saturated rings. The molecule has 6 nitrogen and oxygen atoms in total. The number of rotatable bonds is 14. The van der Waals surface area contributed by atoms with Crippen LogP contribution >= 0.6 is 0 Å². The van der Waals surface area contributed by atoms with E-state index >= 15 is 0 Å². The Labute approximate surface area is 678 Å². The molecule has 550 valence electrons. The molecule has 23 rings (SSSR count). The van der Waals surface area contributed by atoms with E-state index < -0.39 is 0 Å². The van der Waals surface area contributed by atoms with Gasteiger partial charge in [0.25, 0.3) is 0 Å². The van der Waals surface area contributed by atoms with E-state index in [4.69, 9.17) is 0 Å². The summed E-state index contributed by atoms with van der Waals surface area (Å²) in [6.07, 6.45) is 0. The van der Waals surface area contributed by atoms with Gasteiger partial charge in [-0.1, -0.05) is 250 Å². The summed E-state index contributed by atoms with van der Waals surface area (Å²) in [4.78, 5) is 4.80. The zero-order valence-corrected chi connectivity index (χ0v) is 64.6. The molecule has 0 saturated heterocycles. The minimum absolute atomic E-state index is 0.268. The van der Waals surface area contributed by atoms with Gasteiger partial charge < -0.3 is 28.1 Å². The third-order valence-corrected chi connectivity index (χ3v) is 24.8. The van der Waals surface area contributed by atoms with Gasteiger partial charge in [-0.3, -0.25) is 0 Å². The summed E-state index contributed by atoms with van der Waals surface area (Å²) >= 11 is 0. The summed E-state index contributed by atoms with van der Waals surface area (Å²) in [6.45, 7) is 4.79. The Morgan fingerprint density at radius 2 is 0.470 bits per heavy atom. The number of hydrogen-bond acceptors (Lipinski definition) is 2. The molecule has 0 atom stereocenters. The van der Waals surface area contributed by atoms with Crippen LogP contribution < -0.4 is 9.80 Å². The largest absolute Gasteiger partial charge is 0.311 e. The summed E-state index contributed by atoms with van der Waals surface area (Å²) in [6, 6.07) is 157. The summed E-state index contributed by atoms with van der Waals surface area (Å²) in [5.41, 5.74) is 34.9. The molecule has 0 amide bonds. The number of anilines is 6. The van der Waals surface area contributed by atoms with Gasteiger partial charge in [-0.05, 0) is 255 Å². The van der Waals surface area contributed by atoms with Gasteiger partial charge in [0.1, 0.15) is 0 Å². The zero-order valence-electron chi connectivity index (χ0n) is 64.6. The van der Waals surface area contributed by atoms with Crippen LogP contribution in [0.1, 0.15) is 25.0 Å². The highest BCUT2D eigenvalue weighted by molar-refractivity contribution is 6.17. The summed E-state index contributed by atoms with van der Waals surface area (Å²) in [5.74, 6) is 0. The van der Waals surface area contributed by atoms with Gasteiger partial charge in [0.05, 0.1) is 44.1 Å². The second kappa shape index (κ2) is 27.0. The minimum Gasteiger partial charge on any atom is -0.311 e. The quantitative estimate of drug-likeness (QED) is 0.108. The molecule has 1 aliphatic rings. The molecular weight excluding hydrogens is 1420 g/mol. The van der Waals surface area contributed by atoms with Crippen molar-refractivity contribution in [3.05, 3.63) is 436 Å². The van der Waals surface area contributed by atoms with Gasteiger partial charge in [0.2, 0.25) is 0 Å². The van der Waals surface area contributed by atoms with Crippen LogP contribution in [0.5, 0.6) is 0 Å². The van der Waals surface area contributed by atoms with Crippen LogP contribution in [0, 0.1) is 0 Å². The minimum atomic E-state index is -0.268. The van der Waals surface area contributed by atoms with E-state index in [0.29, 0.717) is 0 Å². The molecule has 0 unspecified atom stereocenters. The van der Waals surface area contributed by atoms with E-state index in [0.717, 1.165) is 84.6 Å². The maximum atomic E-state index is 2.45. The predicted octanol–water partition coefficient (Wildman–Crippen LogP) is 30.0. The van der Waals surface area contributed by atoms with Crippen LogP contribution in [0.4, 0.5) is 34.1 Å². The lowest BCUT2D eigenvalue weighted by Gasteiger charge is -2.28. The average molecular weight is 1490 g/mol. The first-order valence-corrected chi connectivity index (χ1v) is 40.4. The lowest BCUT2D eigenvalue weighted by atomic mass is 9.81. The van der Waals surface area contributed by atoms with Crippen molar-refractivity contribution in [2.75, 3.05) is 9.80 Å². The van der Waals surface area contributed by atoms with Crippen LogP contribution in [0.25, 0.3) is 166 Å². The second-order valence-corrected chi connectivity index (χ2v) is 31.6. The number of para-hydroxylation sites is 8. The average Bonchev–Trinajstić information content (AvgIpc) is 1.56. The molecule has 1 aliphatic carbocycles. The van der Waals surface area contributed by atoms with E-state index in [2.05, 4.69) is 467 Å². The van der Waals surface area contributed by atoms with Crippen LogP contribution in [-0.4, -0.2) is 18.3 Å².